The maximum absolute atomic E-state index is 13.2. The maximum Gasteiger partial charge on any atom is 0.237 e. The molecule has 0 saturated carbocycles. The number of hydrogen-bond acceptors (Lipinski definition) is 2. The highest BCUT2D eigenvalue weighted by Gasteiger charge is 2.16. The fourth-order valence-corrected chi connectivity index (χ4v) is 2.02. The van der Waals surface area contributed by atoms with E-state index in [1.165, 1.54) is 6.92 Å². The van der Waals surface area contributed by atoms with Crippen LogP contribution in [0, 0.1) is 0 Å². The minimum absolute atomic E-state index is 0.428. The van der Waals surface area contributed by atoms with Crippen molar-refractivity contribution in [3.8, 4) is 17.1 Å². The van der Waals surface area contributed by atoms with Crippen LogP contribution in [0.1, 0.15) is 6.92 Å². The lowest BCUT2D eigenvalue weighted by atomic mass is 10.2. The van der Waals surface area contributed by atoms with Gasteiger partial charge in [-0.15, -0.1) is 0 Å². The summed E-state index contributed by atoms with van der Waals surface area (Å²) in [7, 11) is 0. The number of nitrogens with zero attached hydrogens (tertiary/aromatic N) is 2. The number of rotatable bonds is 3. The first kappa shape index (κ1) is 11.7. The molecule has 0 fully saturated rings. The van der Waals surface area contributed by atoms with Crippen molar-refractivity contribution in [1.82, 2.24) is 9.38 Å². The number of hydrogen-bond donors (Lipinski definition) is 0. The van der Waals surface area contributed by atoms with Crippen LogP contribution in [0.3, 0.4) is 0 Å². The van der Waals surface area contributed by atoms with Gasteiger partial charge in [-0.2, -0.15) is 0 Å². The molecule has 1 aromatic carbocycles. The van der Waals surface area contributed by atoms with Gasteiger partial charge in [-0.1, -0.05) is 36.4 Å². The highest BCUT2D eigenvalue weighted by atomic mass is 19.1. The van der Waals surface area contributed by atoms with Crippen molar-refractivity contribution in [2.24, 2.45) is 0 Å². The predicted octanol–water partition coefficient (Wildman–Crippen LogP) is 3.70. The number of imidazole rings is 1. The summed E-state index contributed by atoms with van der Waals surface area (Å²) in [5, 5.41) is 0. The van der Waals surface area contributed by atoms with E-state index >= 15 is 0 Å². The van der Waals surface area contributed by atoms with Crippen molar-refractivity contribution < 1.29 is 9.13 Å². The van der Waals surface area contributed by atoms with Gasteiger partial charge >= 0.3 is 0 Å². The number of halogens is 1. The monoisotopic (exact) mass is 256 g/mol. The average Bonchev–Trinajstić information content (AvgIpc) is 2.78. The van der Waals surface area contributed by atoms with Crippen LogP contribution in [0.25, 0.3) is 16.9 Å². The fraction of sp³-hybridized carbons (Fsp3) is 0.133. The average molecular weight is 256 g/mol. The van der Waals surface area contributed by atoms with E-state index in [0.717, 1.165) is 11.2 Å². The molecule has 0 spiro atoms. The van der Waals surface area contributed by atoms with Gasteiger partial charge in [0.1, 0.15) is 11.3 Å². The van der Waals surface area contributed by atoms with Crippen LogP contribution in [-0.4, -0.2) is 15.7 Å². The molecule has 3 aromatic rings. The Labute approximate surface area is 110 Å². The first-order chi connectivity index (χ1) is 9.25. The maximum atomic E-state index is 13.2. The molecule has 0 aliphatic rings. The SMILES string of the molecule is CC(F)Oc1c(-c2ccccc2)nc2ccccn12. The van der Waals surface area contributed by atoms with E-state index in [1.807, 2.05) is 54.7 Å². The molecular formula is C15H13FN2O. The van der Waals surface area contributed by atoms with Crippen LogP contribution in [0.5, 0.6) is 5.88 Å². The second kappa shape index (κ2) is 4.72. The first-order valence-electron chi connectivity index (χ1n) is 6.09. The number of fused-ring (bicyclic) bond motifs is 1. The minimum atomic E-state index is -1.39. The summed E-state index contributed by atoms with van der Waals surface area (Å²) < 4.78 is 20.3. The van der Waals surface area contributed by atoms with Crippen molar-refractivity contribution in [2.75, 3.05) is 0 Å². The summed E-state index contributed by atoms with van der Waals surface area (Å²) in [6.45, 7) is 1.36. The second-order valence-corrected chi connectivity index (χ2v) is 4.22. The van der Waals surface area contributed by atoms with Crippen LogP contribution in [0.15, 0.2) is 54.7 Å². The van der Waals surface area contributed by atoms with Crippen molar-refractivity contribution in [1.29, 1.82) is 0 Å². The van der Waals surface area contributed by atoms with Crippen molar-refractivity contribution in [3.63, 3.8) is 0 Å². The summed E-state index contributed by atoms with van der Waals surface area (Å²) in [5.74, 6) is 0.428. The Bertz CT molecular complexity index is 692. The quantitative estimate of drug-likeness (QED) is 0.714. The number of aromatic nitrogens is 2. The molecule has 0 bridgehead atoms. The van der Waals surface area contributed by atoms with Gasteiger partial charge in [0.05, 0.1) is 0 Å². The second-order valence-electron chi connectivity index (χ2n) is 4.22. The summed E-state index contributed by atoms with van der Waals surface area (Å²) in [6, 6.07) is 15.2. The van der Waals surface area contributed by atoms with Crippen LogP contribution < -0.4 is 4.74 Å². The lowest BCUT2D eigenvalue weighted by Gasteiger charge is -2.08. The molecule has 0 N–H and O–H groups in total. The molecule has 4 heteroatoms. The van der Waals surface area contributed by atoms with Crippen molar-refractivity contribution in [3.05, 3.63) is 54.7 Å². The third-order valence-electron chi connectivity index (χ3n) is 2.81. The smallest absolute Gasteiger partial charge is 0.237 e. The van der Waals surface area contributed by atoms with Gasteiger partial charge in [0.15, 0.2) is 0 Å². The molecule has 1 unspecified atom stereocenters. The molecule has 3 rings (SSSR count). The Balaban J connectivity index is 2.23. The molecule has 3 nitrogen and oxygen atoms in total. The van der Waals surface area contributed by atoms with Gasteiger partial charge < -0.3 is 4.74 Å². The van der Waals surface area contributed by atoms with Gasteiger partial charge in [0.2, 0.25) is 12.2 Å². The molecule has 0 saturated heterocycles. The van der Waals surface area contributed by atoms with Gasteiger partial charge in [-0.25, -0.2) is 9.37 Å². The van der Waals surface area contributed by atoms with Crippen LogP contribution in [0.4, 0.5) is 4.39 Å². The number of benzene rings is 1. The summed E-state index contributed by atoms with van der Waals surface area (Å²) >= 11 is 0. The fourth-order valence-electron chi connectivity index (χ4n) is 2.02. The van der Waals surface area contributed by atoms with Crippen LogP contribution in [0.2, 0.25) is 0 Å². The standard InChI is InChI=1S/C15H13FN2O/c1-11(16)19-15-14(12-7-3-2-4-8-12)17-13-9-5-6-10-18(13)15/h2-11H,1H3. The summed E-state index contributed by atoms with van der Waals surface area (Å²) in [5.41, 5.74) is 2.29. The third kappa shape index (κ3) is 2.17. The Hall–Kier alpha value is -2.36. The van der Waals surface area contributed by atoms with Gasteiger partial charge in [0.25, 0.3) is 0 Å². The van der Waals surface area contributed by atoms with Crippen LogP contribution >= 0.6 is 0 Å². The molecule has 19 heavy (non-hydrogen) atoms. The van der Waals surface area contributed by atoms with Crippen LogP contribution in [-0.2, 0) is 0 Å². The van der Waals surface area contributed by atoms with Gasteiger partial charge in [-0.05, 0) is 12.1 Å². The van der Waals surface area contributed by atoms with E-state index in [1.54, 1.807) is 4.40 Å². The molecular weight excluding hydrogens is 243 g/mol. The zero-order valence-corrected chi connectivity index (χ0v) is 10.5. The van der Waals surface area contributed by atoms with E-state index in [-0.39, 0.29) is 0 Å². The highest BCUT2D eigenvalue weighted by molar-refractivity contribution is 5.69. The number of pyridine rings is 1. The zero-order valence-electron chi connectivity index (χ0n) is 10.5. The summed E-state index contributed by atoms with van der Waals surface area (Å²) in [4.78, 5) is 4.51. The normalized spacial score (nSPS) is 12.5. The van der Waals surface area contributed by atoms with E-state index in [0.29, 0.717) is 11.6 Å². The Kier molecular flexibility index (Phi) is 2.91. The highest BCUT2D eigenvalue weighted by Crippen LogP contribution is 2.31. The third-order valence-corrected chi connectivity index (χ3v) is 2.81. The molecule has 0 amide bonds. The van der Waals surface area contributed by atoms with E-state index in [4.69, 9.17) is 4.74 Å². The van der Waals surface area contributed by atoms with Gasteiger partial charge in [0, 0.05) is 18.7 Å². The largest absolute Gasteiger partial charge is 0.443 e. The van der Waals surface area contributed by atoms with Crippen molar-refractivity contribution >= 4 is 5.65 Å². The molecule has 0 aliphatic heterocycles. The first-order valence-corrected chi connectivity index (χ1v) is 6.09. The lowest BCUT2D eigenvalue weighted by molar-refractivity contribution is 0.0806. The Morgan fingerprint density at radius 2 is 1.84 bits per heavy atom. The molecule has 2 aromatic heterocycles. The number of ether oxygens (including phenoxy) is 1. The topological polar surface area (TPSA) is 26.5 Å². The zero-order chi connectivity index (χ0) is 13.2. The van der Waals surface area contributed by atoms with Gasteiger partial charge in [-0.3, -0.25) is 4.40 Å². The van der Waals surface area contributed by atoms with E-state index in [2.05, 4.69) is 4.98 Å². The summed E-state index contributed by atoms with van der Waals surface area (Å²) in [6.07, 6.45) is 0.425. The Morgan fingerprint density at radius 1 is 1.11 bits per heavy atom. The predicted molar refractivity (Wildman–Crippen MR) is 71.8 cm³/mol. The molecule has 0 aliphatic carbocycles. The Morgan fingerprint density at radius 3 is 2.58 bits per heavy atom. The van der Waals surface area contributed by atoms with E-state index < -0.39 is 6.36 Å². The molecule has 2 heterocycles. The number of alkyl halides is 1. The minimum Gasteiger partial charge on any atom is -0.443 e. The lowest BCUT2D eigenvalue weighted by Crippen LogP contribution is -2.06. The van der Waals surface area contributed by atoms with Crippen molar-refractivity contribution in [2.45, 2.75) is 13.3 Å². The molecule has 0 radical (unpaired) electrons. The van der Waals surface area contributed by atoms with E-state index in [9.17, 15) is 4.39 Å². The molecule has 1 atom stereocenters. The molecule has 96 valence electrons.